The molecule has 1 aromatic carbocycles. The van der Waals surface area contributed by atoms with Gasteiger partial charge in [-0.1, -0.05) is 36.0 Å². The van der Waals surface area contributed by atoms with Crippen molar-refractivity contribution in [3.8, 4) is 5.69 Å². The minimum absolute atomic E-state index is 0.345. The Labute approximate surface area is 97.5 Å². The fraction of sp³-hybridized carbons (Fsp3) is 0. The van der Waals surface area contributed by atoms with E-state index in [9.17, 15) is 0 Å². The lowest BCUT2D eigenvalue weighted by molar-refractivity contribution is 0.879. The highest BCUT2D eigenvalue weighted by molar-refractivity contribution is 7.80. The van der Waals surface area contributed by atoms with Gasteiger partial charge >= 0.3 is 0 Å². The summed E-state index contributed by atoms with van der Waals surface area (Å²) in [6.45, 7) is 0. The molecule has 5 heteroatoms. The zero-order valence-electron chi connectivity index (χ0n) is 7.72. The standard InChI is InChI=1S/C10H8ClN3S/c11-7-5-13-14(6-7)9-4-2-1-3-8(9)10(12)15/h1-6H,(H2,12,15). The van der Waals surface area contributed by atoms with Gasteiger partial charge in [-0.2, -0.15) is 5.10 Å². The van der Waals surface area contributed by atoms with Crippen LogP contribution in [-0.2, 0) is 0 Å². The van der Waals surface area contributed by atoms with Gasteiger partial charge < -0.3 is 5.73 Å². The Morgan fingerprint density at radius 2 is 2.13 bits per heavy atom. The molecule has 1 heterocycles. The van der Waals surface area contributed by atoms with Crippen LogP contribution in [0.3, 0.4) is 0 Å². The van der Waals surface area contributed by atoms with E-state index in [1.807, 2.05) is 24.3 Å². The molecule has 0 atom stereocenters. The summed E-state index contributed by atoms with van der Waals surface area (Å²) in [7, 11) is 0. The molecule has 0 fully saturated rings. The number of benzene rings is 1. The SMILES string of the molecule is NC(=S)c1ccccc1-n1cc(Cl)cn1. The lowest BCUT2D eigenvalue weighted by Crippen LogP contribution is -2.13. The Morgan fingerprint density at radius 3 is 2.73 bits per heavy atom. The molecule has 1 aromatic heterocycles. The minimum Gasteiger partial charge on any atom is -0.389 e. The summed E-state index contributed by atoms with van der Waals surface area (Å²) in [5.41, 5.74) is 7.23. The maximum absolute atomic E-state index is 5.79. The monoisotopic (exact) mass is 237 g/mol. The second-order valence-electron chi connectivity index (χ2n) is 2.98. The molecule has 0 aliphatic heterocycles. The lowest BCUT2D eigenvalue weighted by Gasteiger charge is -2.07. The fourth-order valence-electron chi connectivity index (χ4n) is 1.31. The van der Waals surface area contributed by atoms with E-state index >= 15 is 0 Å². The van der Waals surface area contributed by atoms with Crippen molar-refractivity contribution in [3.05, 3.63) is 47.2 Å². The molecule has 0 radical (unpaired) electrons. The van der Waals surface area contributed by atoms with Crippen LogP contribution in [0.5, 0.6) is 0 Å². The maximum atomic E-state index is 5.79. The van der Waals surface area contributed by atoms with Crippen molar-refractivity contribution in [2.24, 2.45) is 5.73 Å². The largest absolute Gasteiger partial charge is 0.389 e. The molecule has 0 saturated heterocycles. The molecule has 0 aliphatic rings. The summed E-state index contributed by atoms with van der Waals surface area (Å²) < 4.78 is 1.65. The van der Waals surface area contributed by atoms with E-state index in [-0.39, 0.29) is 0 Å². The highest BCUT2D eigenvalue weighted by Gasteiger charge is 2.06. The quantitative estimate of drug-likeness (QED) is 0.815. The van der Waals surface area contributed by atoms with Gasteiger partial charge in [-0.05, 0) is 12.1 Å². The topological polar surface area (TPSA) is 43.8 Å². The molecule has 15 heavy (non-hydrogen) atoms. The van der Waals surface area contributed by atoms with Crippen molar-refractivity contribution >= 4 is 28.8 Å². The molecule has 0 spiro atoms. The molecule has 2 aromatic rings. The molecule has 2 N–H and O–H groups in total. The summed E-state index contributed by atoms with van der Waals surface area (Å²) in [6, 6.07) is 7.51. The predicted molar refractivity (Wildman–Crippen MR) is 64.5 cm³/mol. The van der Waals surface area contributed by atoms with Crippen molar-refractivity contribution in [2.45, 2.75) is 0 Å². The second kappa shape index (κ2) is 4.00. The predicted octanol–water partition coefficient (Wildman–Crippen LogP) is 2.16. The number of rotatable bonds is 2. The van der Waals surface area contributed by atoms with Gasteiger partial charge in [0.15, 0.2) is 0 Å². The van der Waals surface area contributed by atoms with E-state index in [1.54, 1.807) is 17.1 Å². The molecule has 0 bridgehead atoms. The highest BCUT2D eigenvalue weighted by atomic mass is 35.5. The normalized spacial score (nSPS) is 10.2. The molecule has 0 aliphatic carbocycles. The first-order valence-corrected chi connectivity index (χ1v) is 5.06. The molecule has 0 unspecified atom stereocenters. The van der Waals surface area contributed by atoms with Gasteiger partial charge in [-0.25, -0.2) is 4.68 Å². The summed E-state index contributed by atoms with van der Waals surface area (Å²) in [5.74, 6) is 0. The van der Waals surface area contributed by atoms with Gasteiger partial charge in [0.05, 0.1) is 16.9 Å². The number of halogens is 1. The summed E-state index contributed by atoms with van der Waals surface area (Å²) in [4.78, 5) is 0.345. The van der Waals surface area contributed by atoms with Crippen molar-refractivity contribution in [2.75, 3.05) is 0 Å². The van der Waals surface area contributed by atoms with Crippen LogP contribution in [0.1, 0.15) is 5.56 Å². The van der Waals surface area contributed by atoms with Gasteiger partial charge in [-0.15, -0.1) is 0 Å². The third-order valence-corrected chi connectivity index (χ3v) is 2.38. The second-order valence-corrected chi connectivity index (χ2v) is 3.86. The molecule has 0 saturated carbocycles. The van der Waals surface area contributed by atoms with E-state index in [1.165, 1.54) is 0 Å². The molecule has 76 valence electrons. The zero-order chi connectivity index (χ0) is 10.8. The van der Waals surface area contributed by atoms with Crippen molar-refractivity contribution in [1.82, 2.24) is 9.78 Å². The average molecular weight is 238 g/mol. The van der Waals surface area contributed by atoms with E-state index in [2.05, 4.69) is 5.10 Å². The summed E-state index contributed by atoms with van der Waals surface area (Å²) in [6.07, 6.45) is 3.27. The van der Waals surface area contributed by atoms with Crippen LogP contribution in [0.15, 0.2) is 36.7 Å². The first kappa shape index (κ1) is 10.1. The highest BCUT2D eigenvalue weighted by Crippen LogP contribution is 2.16. The average Bonchev–Trinajstić information content (AvgIpc) is 2.65. The molecule has 0 amide bonds. The van der Waals surface area contributed by atoms with Crippen LogP contribution in [0, 0.1) is 0 Å². The van der Waals surface area contributed by atoms with E-state index in [0.29, 0.717) is 10.0 Å². The molecular weight excluding hydrogens is 230 g/mol. The first-order chi connectivity index (χ1) is 7.18. The fourth-order valence-corrected chi connectivity index (χ4v) is 1.62. The van der Waals surface area contributed by atoms with Gasteiger partial charge in [-0.3, -0.25) is 0 Å². The van der Waals surface area contributed by atoms with E-state index < -0.39 is 0 Å². The van der Waals surface area contributed by atoms with E-state index in [4.69, 9.17) is 29.6 Å². The van der Waals surface area contributed by atoms with Gasteiger partial charge in [0.25, 0.3) is 0 Å². The Hall–Kier alpha value is -1.39. The number of para-hydroxylation sites is 1. The van der Waals surface area contributed by atoms with Crippen LogP contribution in [-0.4, -0.2) is 14.8 Å². The summed E-state index contributed by atoms with van der Waals surface area (Å²) in [5, 5.41) is 4.68. The number of thiocarbonyl (C=S) groups is 1. The lowest BCUT2D eigenvalue weighted by atomic mass is 10.2. The van der Waals surface area contributed by atoms with Crippen LogP contribution in [0.2, 0.25) is 5.02 Å². The summed E-state index contributed by atoms with van der Waals surface area (Å²) >= 11 is 10.8. The van der Waals surface area contributed by atoms with E-state index in [0.717, 1.165) is 11.3 Å². The van der Waals surface area contributed by atoms with Crippen molar-refractivity contribution < 1.29 is 0 Å². The third-order valence-electron chi connectivity index (χ3n) is 1.97. The molecule has 2 rings (SSSR count). The zero-order valence-corrected chi connectivity index (χ0v) is 9.29. The Bertz CT molecular complexity index is 507. The van der Waals surface area contributed by atoms with Crippen molar-refractivity contribution in [1.29, 1.82) is 0 Å². The molecular formula is C10H8ClN3S. The Balaban J connectivity index is 2.57. The third kappa shape index (κ3) is 2.00. The maximum Gasteiger partial charge on any atom is 0.106 e. The van der Waals surface area contributed by atoms with Gasteiger partial charge in [0, 0.05) is 11.8 Å². The number of hydrogen-bond acceptors (Lipinski definition) is 2. The number of nitrogens with zero attached hydrogens (tertiary/aromatic N) is 2. The first-order valence-electron chi connectivity index (χ1n) is 4.28. The Morgan fingerprint density at radius 1 is 1.40 bits per heavy atom. The van der Waals surface area contributed by atoms with Crippen molar-refractivity contribution in [3.63, 3.8) is 0 Å². The van der Waals surface area contributed by atoms with Gasteiger partial charge in [0.1, 0.15) is 4.99 Å². The molecule has 3 nitrogen and oxygen atoms in total. The van der Waals surface area contributed by atoms with Crippen LogP contribution < -0.4 is 5.73 Å². The number of nitrogens with two attached hydrogens (primary N) is 1. The smallest absolute Gasteiger partial charge is 0.106 e. The van der Waals surface area contributed by atoms with Crippen LogP contribution in [0.25, 0.3) is 5.69 Å². The van der Waals surface area contributed by atoms with Gasteiger partial charge in [0.2, 0.25) is 0 Å². The minimum atomic E-state index is 0.345. The van der Waals surface area contributed by atoms with Crippen LogP contribution >= 0.6 is 23.8 Å². The number of aromatic nitrogens is 2. The van der Waals surface area contributed by atoms with Crippen LogP contribution in [0.4, 0.5) is 0 Å². The Kier molecular flexibility index (Phi) is 2.70. The number of hydrogen-bond donors (Lipinski definition) is 1.